The maximum atomic E-state index is 5.96. The SMILES string of the molecule is Cc1cc(CCl)cc(C)c1OCc1cn2ccccc2n1. The topological polar surface area (TPSA) is 26.5 Å². The number of hydrogen-bond acceptors (Lipinski definition) is 2. The van der Waals surface area contributed by atoms with Gasteiger partial charge in [0.25, 0.3) is 0 Å². The molecular formula is C17H17ClN2O. The molecule has 0 aliphatic rings. The van der Waals surface area contributed by atoms with Gasteiger partial charge in [-0.1, -0.05) is 18.2 Å². The van der Waals surface area contributed by atoms with Crippen molar-refractivity contribution in [3.05, 3.63) is 65.1 Å². The van der Waals surface area contributed by atoms with Gasteiger partial charge in [-0.05, 0) is 42.7 Å². The number of nitrogens with zero attached hydrogens (tertiary/aromatic N) is 2. The molecule has 0 atom stereocenters. The van der Waals surface area contributed by atoms with Gasteiger partial charge in [0.05, 0.1) is 5.69 Å². The number of benzene rings is 1. The lowest BCUT2D eigenvalue weighted by Crippen LogP contribution is -2.00. The Morgan fingerprint density at radius 2 is 1.95 bits per heavy atom. The molecule has 0 amide bonds. The van der Waals surface area contributed by atoms with Crippen molar-refractivity contribution in [2.75, 3.05) is 0 Å². The van der Waals surface area contributed by atoms with Crippen LogP contribution in [0.5, 0.6) is 5.75 Å². The van der Waals surface area contributed by atoms with E-state index < -0.39 is 0 Å². The Labute approximate surface area is 129 Å². The standard InChI is InChI=1S/C17H17ClN2O/c1-12-7-14(9-18)8-13(2)17(12)21-11-15-10-20-6-4-3-5-16(20)19-15/h3-8,10H,9,11H2,1-2H3. The zero-order valence-corrected chi connectivity index (χ0v) is 12.9. The fourth-order valence-electron chi connectivity index (χ4n) is 2.55. The van der Waals surface area contributed by atoms with Crippen LogP contribution in [0.3, 0.4) is 0 Å². The van der Waals surface area contributed by atoms with Crippen LogP contribution in [0.15, 0.2) is 42.7 Å². The molecule has 0 unspecified atom stereocenters. The van der Waals surface area contributed by atoms with Crippen LogP contribution in [0, 0.1) is 13.8 Å². The van der Waals surface area contributed by atoms with Crippen LogP contribution in [-0.4, -0.2) is 9.38 Å². The molecule has 0 aliphatic carbocycles. The minimum absolute atomic E-state index is 0.462. The van der Waals surface area contributed by atoms with Gasteiger partial charge in [0.15, 0.2) is 0 Å². The number of imidazole rings is 1. The third-order valence-electron chi connectivity index (χ3n) is 3.45. The van der Waals surface area contributed by atoms with Crippen molar-refractivity contribution < 1.29 is 4.74 Å². The number of fused-ring (bicyclic) bond motifs is 1. The second-order valence-corrected chi connectivity index (χ2v) is 5.45. The number of halogens is 1. The first-order valence-corrected chi connectivity index (χ1v) is 7.42. The number of aryl methyl sites for hydroxylation is 2. The van der Waals surface area contributed by atoms with Crippen LogP contribution in [0.25, 0.3) is 5.65 Å². The molecular weight excluding hydrogens is 284 g/mol. The molecule has 21 heavy (non-hydrogen) atoms. The molecule has 2 heterocycles. The lowest BCUT2D eigenvalue weighted by molar-refractivity contribution is 0.298. The Bertz CT molecular complexity index is 723. The summed E-state index contributed by atoms with van der Waals surface area (Å²) in [6.07, 6.45) is 3.98. The number of alkyl halides is 1. The maximum Gasteiger partial charge on any atom is 0.137 e. The Kier molecular flexibility index (Phi) is 3.84. The first kappa shape index (κ1) is 14.0. The first-order valence-electron chi connectivity index (χ1n) is 6.89. The van der Waals surface area contributed by atoms with Crippen molar-refractivity contribution in [2.24, 2.45) is 0 Å². The summed E-state index contributed by atoms with van der Waals surface area (Å²) in [5.74, 6) is 1.44. The summed E-state index contributed by atoms with van der Waals surface area (Å²) in [5, 5.41) is 0. The normalized spacial score (nSPS) is 11.0. The van der Waals surface area contributed by atoms with Gasteiger partial charge in [-0.3, -0.25) is 0 Å². The van der Waals surface area contributed by atoms with Crippen LogP contribution in [0.4, 0.5) is 0 Å². The van der Waals surface area contributed by atoms with E-state index in [1.165, 1.54) is 0 Å². The third kappa shape index (κ3) is 2.88. The van der Waals surface area contributed by atoms with Gasteiger partial charge in [0.1, 0.15) is 18.0 Å². The van der Waals surface area contributed by atoms with E-state index in [4.69, 9.17) is 16.3 Å². The van der Waals surface area contributed by atoms with Gasteiger partial charge < -0.3 is 9.14 Å². The fraction of sp³-hybridized carbons (Fsp3) is 0.235. The summed E-state index contributed by atoms with van der Waals surface area (Å²) in [6, 6.07) is 10.1. The van der Waals surface area contributed by atoms with Crippen molar-refractivity contribution in [1.82, 2.24) is 9.38 Å². The minimum Gasteiger partial charge on any atom is -0.487 e. The molecule has 3 rings (SSSR count). The predicted molar refractivity (Wildman–Crippen MR) is 85.0 cm³/mol. The highest BCUT2D eigenvalue weighted by Crippen LogP contribution is 2.26. The first-order chi connectivity index (χ1) is 10.2. The van der Waals surface area contributed by atoms with Gasteiger partial charge in [-0.25, -0.2) is 4.98 Å². The zero-order chi connectivity index (χ0) is 14.8. The molecule has 0 fully saturated rings. The fourth-order valence-corrected chi connectivity index (χ4v) is 2.70. The molecule has 3 aromatic rings. The highest BCUT2D eigenvalue weighted by atomic mass is 35.5. The molecule has 4 heteroatoms. The van der Waals surface area contributed by atoms with Crippen molar-refractivity contribution >= 4 is 17.2 Å². The maximum absolute atomic E-state index is 5.96. The van der Waals surface area contributed by atoms with Crippen molar-refractivity contribution in [3.63, 3.8) is 0 Å². The summed E-state index contributed by atoms with van der Waals surface area (Å²) >= 11 is 5.89. The third-order valence-corrected chi connectivity index (χ3v) is 3.76. The summed E-state index contributed by atoms with van der Waals surface area (Å²) in [6.45, 7) is 4.55. The highest BCUT2D eigenvalue weighted by Gasteiger charge is 2.08. The number of rotatable bonds is 4. The molecule has 0 radical (unpaired) electrons. The van der Waals surface area contributed by atoms with Gasteiger partial charge in [-0.15, -0.1) is 11.6 Å². The summed E-state index contributed by atoms with van der Waals surface area (Å²) in [7, 11) is 0. The van der Waals surface area contributed by atoms with Crippen LogP contribution >= 0.6 is 11.6 Å². The van der Waals surface area contributed by atoms with E-state index in [-0.39, 0.29) is 0 Å². The number of pyridine rings is 1. The molecule has 0 N–H and O–H groups in total. The van der Waals surface area contributed by atoms with Crippen LogP contribution in [0.1, 0.15) is 22.4 Å². The van der Waals surface area contributed by atoms with Crippen LogP contribution in [0.2, 0.25) is 0 Å². The predicted octanol–water partition coefficient (Wildman–Crippen LogP) is 4.27. The molecule has 3 nitrogen and oxygen atoms in total. The van der Waals surface area contributed by atoms with E-state index in [0.717, 1.165) is 33.8 Å². The van der Waals surface area contributed by atoms with E-state index in [1.807, 2.05) is 48.8 Å². The quantitative estimate of drug-likeness (QED) is 0.673. The molecule has 0 bridgehead atoms. The van der Waals surface area contributed by atoms with E-state index in [1.54, 1.807) is 0 Å². The number of aromatic nitrogens is 2. The molecule has 0 aliphatic heterocycles. The van der Waals surface area contributed by atoms with Gasteiger partial charge >= 0.3 is 0 Å². The Morgan fingerprint density at radius 1 is 1.19 bits per heavy atom. The van der Waals surface area contributed by atoms with Crippen molar-refractivity contribution in [1.29, 1.82) is 0 Å². The molecule has 0 saturated heterocycles. The van der Waals surface area contributed by atoms with Crippen LogP contribution < -0.4 is 4.74 Å². The lowest BCUT2D eigenvalue weighted by Gasteiger charge is -2.12. The second kappa shape index (κ2) is 5.78. The zero-order valence-electron chi connectivity index (χ0n) is 12.1. The molecule has 2 aromatic heterocycles. The summed E-state index contributed by atoms with van der Waals surface area (Å²) in [5.41, 5.74) is 5.18. The summed E-state index contributed by atoms with van der Waals surface area (Å²) < 4.78 is 7.96. The number of ether oxygens (including phenoxy) is 1. The Hall–Kier alpha value is -2.00. The minimum atomic E-state index is 0.462. The second-order valence-electron chi connectivity index (χ2n) is 5.18. The van der Waals surface area contributed by atoms with Crippen molar-refractivity contribution in [3.8, 4) is 5.75 Å². The van der Waals surface area contributed by atoms with E-state index in [0.29, 0.717) is 12.5 Å². The van der Waals surface area contributed by atoms with Gasteiger partial charge in [0.2, 0.25) is 0 Å². The Morgan fingerprint density at radius 3 is 2.62 bits per heavy atom. The molecule has 108 valence electrons. The molecule has 0 saturated carbocycles. The molecule has 0 spiro atoms. The van der Waals surface area contributed by atoms with Gasteiger partial charge in [-0.2, -0.15) is 0 Å². The average Bonchev–Trinajstić information content (AvgIpc) is 2.88. The Balaban J connectivity index is 1.81. The highest BCUT2D eigenvalue weighted by molar-refractivity contribution is 6.17. The van der Waals surface area contributed by atoms with Crippen LogP contribution in [-0.2, 0) is 12.5 Å². The smallest absolute Gasteiger partial charge is 0.137 e. The van der Waals surface area contributed by atoms with E-state index in [9.17, 15) is 0 Å². The summed E-state index contributed by atoms with van der Waals surface area (Å²) in [4.78, 5) is 4.54. The lowest BCUT2D eigenvalue weighted by atomic mass is 10.1. The van der Waals surface area contributed by atoms with Gasteiger partial charge in [0, 0.05) is 18.3 Å². The average molecular weight is 301 g/mol. The number of hydrogen-bond donors (Lipinski definition) is 0. The monoisotopic (exact) mass is 300 g/mol. The van der Waals surface area contributed by atoms with E-state index in [2.05, 4.69) is 17.1 Å². The van der Waals surface area contributed by atoms with E-state index >= 15 is 0 Å². The van der Waals surface area contributed by atoms with Crippen molar-refractivity contribution in [2.45, 2.75) is 26.3 Å². The molecule has 1 aromatic carbocycles. The largest absolute Gasteiger partial charge is 0.487 e.